The van der Waals surface area contributed by atoms with Gasteiger partial charge in [-0.1, -0.05) is 15.9 Å². The molecule has 3 aromatic rings. The molecule has 0 fully saturated rings. The second-order valence-electron chi connectivity index (χ2n) is 4.24. The number of anilines is 1. The lowest BCUT2D eigenvalue weighted by atomic mass is 10.2. The summed E-state index contributed by atoms with van der Waals surface area (Å²) in [4.78, 5) is 14.4. The minimum Gasteiger partial charge on any atom is -0.383 e. The third-order valence-electron chi connectivity index (χ3n) is 2.79. The van der Waals surface area contributed by atoms with Crippen molar-refractivity contribution in [3.63, 3.8) is 0 Å². The Morgan fingerprint density at radius 3 is 2.63 bits per heavy atom. The molecule has 0 radical (unpaired) electrons. The normalized spacial score (nSPS) is 11.1. The number of nitrogens with two attached hydrogens (primary N) is 1. The van der Waals surface area contributed by atoms with Crippen LogP contribution in [0.4, 0.5) is 5.82 Å². The summed E-state index contributed by atoms with van der Waals surface area (Å²) in [5.74, 6) is 1.14. The van der Waals surface area contributed by atoms with Gasteiger partial charge in [0.2, 0.25) is 0 Å². The van der Waals surface area contributed by atoms with Crippen LogP contribution in [0.3, 0.4) is 0 Å². The Bertz CT molecular complexity index is 782. The molecule has 0 unspecified atom stereocenters. The molecule has 96 valence electrons. The maximum atomic E-state index is 6.03. The molecular weight excluding hydrogens is 324 g/mol. The van der Waals surface area contributed by atoms with Gasteiger partial charge in [-0.3, -0.25) is 0 Å². The number of nitrogens with zero attached hydrogens (tertiary/aromatic N) is 3. The van der Waals surface area contributed by atoms with Crippen LogP contribution >= 0.6 is 27.3 Å². The number of aromatic nitrogens is 3. The third-order valence-corrected chi connectivity index (χ3v) is 4.36. The Morgan fingerprint density at radius 2 is 1.95 bits per heavy atom. The summed E-state index contributed by atoms with van der Waals surface area (Å²) in [5, 5.41) is 1.86. The number of rotatable bonds is 1. The van der Waals surface area contributed by atoms with Crippen LogP contribution in [0.15, 0.2) is 22.7 Å². The summed E-state index contributed by atoms with van der Waals surface area (Å²) in [6.45, 7) is 3.94. The second kappa shape index (κ2) is 4.54. The first-order valence-corrected chi connectivity index (χ1v) is 7.33. The van der Waals surface area contributed by atoms with E-state index in [1.807, 2.05) is 32.0 Å². The predicted molar refractivity (Wildman–Crippen MR) is 82.2 cm³/mol. The molecule has 0 aliphatic rings. The maximum Gasteiger partial charge on any atom is 0.174 e. The summed E-state index contributed by atoms with van der Waals surface area (Å²) in [6.07, 6.45) is 0. The summed E-state index contributed by atoms with van der Waals surface area (Å²) in [5.41, 5.74) is 7.82. The standard InChI is InChI=1S/C13H11BrN4S/c1-6-11(19-7(2)16-6)13-17-10-4-3-8(14)5-9(10)12(15)18-13/h3-5H,1-2H3,(H2,15,17,18). The zero-order chi connectivity index (χ0) is 13.6. The van der Waals surface area contributed by atoms with E-state index in [2.05, 4.69) is 30.9 Å². The van der Waals surface area contributed by atoms with Crippen LogP contribution in [0.5, 0.6) is 0 Å². The number of fused-ring (bicyclic) bond motifs is 1. The molecule has 0 atom stereocenters. The van der Waals surface area contributed by atoms with Crippen molar-refractivity contribution in [2.24, 2.45) is 0 Å². The number of halogens is 1. The highest BCUT2D eigenvalue weighted by atomic mass is 79.9. The molecule has 0 aliphatic heterocycles. The van der Waals surface area contributed by atoms with Gasteiger partial charge in [0.05, 0.1) is 21.1 Å². The first kappa shape index (κ1) is 12.5. The zero-order valence-corrected chi connectivity index (χ0v) is 12.8. The number of nitrogen functional groups attached to an aromatic ring is 1. The third kappa shape index (κ3) is 2.21. The van der Waals surface area contributed by atoms with E-state index < -0.39 is 0 Å². The Morgan fingerprint density at radius 1 is 1.16 bits per heavy atom. The van der Waals surface area contributed by atoms with E-state index in [9.17, 15) is 0 Å². The minimum atomic E-state index is 0.492. The van der Waals surface area contributed by atoms with Gasteiger partial charge in [0.25, 0.3) is 0 Å². The first-order chi connectivity index (χ1) is 9.04. The fourth-order valence-corrected chi connectivity index (χ4v) is 3.18. The van der Waals surface area contributed by atoms with Crippen LogP contribution in [-0.4, -0.2) is 15.0 Å². The molecule has 0 saturated carbocycles. The number of hydrogen-bond acceptors (Lipinski definition) is 5. The largest absolute Gasteiger partial charge is 0.383 e. The quantitative estimate of drug-likeness (QED) is 0.736. The Labute approximate surface area is 122 Å². The molecule has 1 aromatic carbocycles. The van der Waals surface area contributed by atoms with Crippen molar-refractivity contribution in [2.75, 3.05) is 5.73 Å². The van der Waals surface area contributed by atoms with Crippen LogP contribution in [0, 0.1) is 13.8 Å². The highest BCUT2D eigenvalue weighted by molar-refractivity contribution is 9.10. The van der Waals surface area contributed by atoms with Crippen molar-refractivity contribution in [3.05, 3.63) is 33.4 Å². The van der Waals surface area contributed by atoms with Crippen molar-refractivity contribution in [1.82, 2.24) is 15.0 Å². The summed E-state index contributed by atoms with van der Waals surface area (Å²) in [7, 11) is 0. The van der Waals surface area contributed by atoms with Crippen LogP contribution in [-0.2, 0) is 0 Å². The van der Waals surface area contributed by atoms with Gasteiger partial charge in [-0.2, -0.15) is 0 Å². The lowest BCUT2D eigenvalue weighted by molar-refractivity contribution is 1.18. The molecule has 2 N–H and O–H groups in total. The number of benzene rings is 1. The van der Waals surface area contributed by atoms with E-state index in [1.54, 1.807) is 11.3 Å². The summed E-state index contributed by atoms with van der Waals surface area (Å²) >= 11 is 5.01. The van der Waals surface area contributed by atoms with Crippen molar-refractivity contribution in [3.8, 4) is 10.7 Å². The SMILES string of the molecule is Cc1nc(C)c(-c2nc(N)c3cc(Br)ccc3n2)s1. The lowest BCUT2D eigenvalue weighted by Gasteiger charge is -2.04. The second-order valence-corrected chi connectivity index (χ2v) is 6.36. The fraction of sp³-hybridized carbons (Fsp3) is 0.154. The number of aryl methyl sites for hydroxylation is 2. The summed E-state index contributed by atoms with van der Waals surface area (Å²) < 4.78 is 0.966. The molecule has 0 amide bonds. The van der Waals surface area contributed by atoms with Gasteiger partial charge >= 0.3 is 0 Å². The molecular formula is C13H11BrN4S. The maximum absolute atomic E-state index is 6.03. The lowest BCUT2D eigenvalue weighted by Crippen LogP contribution is -1.97. The smallest absolute Gasteiger partial charge is 0.174 e. The van der Waals surface area contributed by atoms with Crippen molar-refractivity contribution in [1.29, 1.82) is 0 Å². The van der Waals surface area contributed by atoms with Crippen molar-refractivity contribution >= 4 is 44.0 Å². The molecule has 0 saturated heterocycles. The van der Waals surface area contributed by atoms with E-state index in [0.29, 0.717) is 11.6 Å². The highest BCUT2D eigenvalue weighted by Gasteiger charge is 2.13. The Kier molecular flexibility index (Phi) is 2.99. The van der Waals surface area contributed by atoms with E-state index in [4.69, 9.17) is 5.73 Å². The van der Waals surface area contributed by atoms with E-state index in [-0.39, 0.29) is 0 Å². The van der Waals surface area contributed by atoms with Gasteiger partial charge in [-0.05, 0) is 32.0 Å². The molecule has 2 heterocycles. The Hall–Kier alpha value is -1.53. The molecule has 2 aromatic heterocycles. The fourth-order valence-electron chi connectivity index (χ4n) is 1.96. The number of hydrogen-bond donors (Lipinski definition) is 1. The predicted octanol–water partition coefficient (Wildman–Crippen LogP) is 3.71. The number of thiazole rings is 1. The molecule has 4 nitrogen and oxygen atoms in total. The van der Waals surface area contributed by atoms with Gasteiger partial charge in [0.15, 0.2) is 5.82 Å². The van der Waals surface area contributed by atoms with Crippen LogP contribution in [0.2, 0.25) is 0 Å². The first-order valence-electron chi connectivity index (χ1n) is 5.72. The average molecular weight is 335 g/mol. The van der Waals surface area contributed by atoms with Crippen LogP contribution < -0.4 is 5.73 Å². The average Bonchev–Trinajstić information content (AvgIpc) is 2.69. The molecule has 0 bridgehead atoms. The minimum absolute atomic E-state index is 0.492. The van der Waals surface area contributed by atoms with Gasteiger partial charge in [-0.25, -0.2) is 15.0 Å². The highest BCUT2D eigenvalue weighted by Crippen LogP contribution is 2.30. The van der Waals surface area contributed by atoms with Crippen LogP contribution in [0.25, 0.3) is 21.6 Å². The topological polar surface area (TPSA) is 64.7 Å². The molecule has 0 spiro atoms. The van der Waals surface area contributed by atoms with Crippen LogP contribution in [0.1, 0.15) is 10.7 Å². The summed E-state index contributed by atoms with van der Waals surface area (Å²) in [6, 6.07) is 5.81. The molecule has 6 heteroatoms. The van der Waals surface area contributed by atoms with E-state index >= 15 is 0 Å². The zero-order valence-electron chi connectivity index (χ0n) is 10.4. The van der Waals surface area contributed by atoms with Crippen molar-refractivity contribution in [2.45, 2.75) is 13.8 Å². The molecule has 0 aliphatic carbocycles. The Balaban J connectivity index is 2.26. The monoisotopic (exact) mass is 334 g/mol. The molecule has 3 rings (SSSR count). The van der Waals surface area contributed by atoms with Crippen molar-refractivity contribution < 1.29 is 0 Å². The van der Waals surface area contributed by atoms with Gasteiger partial charge in [-0.15, -0.1) is 11.3 Å². The van der Waals surface area contributed by atoms with Gasteiger partial charge in [0.1, 0.15) is 5.82 Å². The van der Waals surface area contributed by atoms with Gasteiger partial charge in [0, 0.05) is 9.86 Å². The van der Waals surface area contributed by atoms with E-state index in [0.717, 1.165) is 31.0 Å². The van der Waals surface area contributed by atoms with E-state index in [1.165, 1.54) is 0 Å². The van der Waals surface area contributed by atoms with Gasteiger partial charge < -0.3 is 5.73 Å². The molecule has 19 heavy (non-hydrogen) atoms.